The van der Waals surface area contributed by atoms with Gasteiger partial charge in [0.2, 0.25) is 0 Å². The van der Waals surface area contributed by atoms with Gasteiger partial charge >= 0.3 is 0 Å². The molecule has 0 aliphatic heterocycles. The van der Waals surface area contributed by atoms with Gasteiger partial charge in [-0.15, -0.1) is 11.6 Å². The van der Waals surface area contributed by atoms with Crippen LogP contribution in [0.4, 0.5) is 0 Å². The SMILES string of the molecule is COc1ccc2c(c1)[C@H](CCCCl)CC2. The van der Waals surface area contributed by atoms with Gasteiger partial charge in [0.05, 0.1) is 7.11 Å². The van der Waals surface area contributed by atoms with Gasteiger partial charge in [-0.1, -0.05) is 6.07 Å². The number of methoxy groups -OCH3 is 1. The third-order valence-electron chi connectivity index (χ3n) is 3.24. The molecule has 0 saturated heterocycles. The number of fused-ring (bicyclic) bond motifs is 1. The summed E-state index contributed by atoms with van der Waals surface area (Å²) in [6, 6.07) is 6.46. The first-order valence-electron chi connectivity index (χ1n) is 5.58. The highest BCUT2D eigenvalue weighted by Gasteiger charge is 2.22. The Labute approximate surface area is 96.4 Å². The third-order valence-corrected chi connectivity index (χ3v) is 3.51. The third kappa shape index (κ3) is 2.28. The zero-order chi connectivity index (χ0) is 10.7. The summed E-state index contributed by atoms with van der Waals surface area (Å²) in [5.41, 5.74) is 2.98. The Balaban J connectivity index is 2.16. The highest BCUT2D eigenvalue weighted by molar-refractivity contribution is 6.17. The van der Waals surface area contributed by atoms with E-state index < -0.39 is 0 Å². The Morgan fingerprint density at radius 2 is 2.33 bits per heavy atom. The van der Waals surface area contributed by atoms with Crippen molar-refractivity contribution in [1.29, 1.82) is 0 Å². The Hall–Kier alpha value is -0.690. The molecule has 0 spiro atoms. The van der Waals surface area contributed by atoms with E-state index in [9.17, 15) is 0 Å². The van der Waals surface area contributed by atoms with E-state index in [2.05, 4.69) is 18.2 Å². The number of hydrogen-bond acceptors (Lipinski definition) is 1. The quantitative estimate of drug-likeness (QED) is 0.708. The smallest absolute Gasteiger partial charge is 0.119 e. The highest BCUT2D eigenvalue weighted by atomic mass is 35.5. The molecular formula is C13H17ClO. The lowest BCUT2D eigenvalue weighted by Gasteiger charge is -2.11. The van der Waals surface area contributed by atoms with Gasteiger partial charge in [-0.05, 0) is 54.9 Å². The minimum absolute atomic E-state index is 0.703. The lowest BCUT2D eigenvalue weighted by molar-refractivity contribution is 0.414. The summed E-state index contributed by atoms with van der Waals surface area (Å²) in [7, 11) is 1.73. The molecule has 1 aromatic carbocycles. The van der Waals surface area contributed by atoms with Gasteiger partial charge in [0.1, 0.15) is 5.75 Å². The van der Waals surface area contributed by atoms with Crippen LogP contribution in [0.1, 0.15) is 36.3 Å². The largest absolute Gasteiger partial charge is 0.497 e. The molecule has 1 aromatic rings. The first kappa shape index (κ1) is 10.8. The van der Waals surface area contributed by atoms with E-state index in [1.54, 1.807) is 7.11 Å². The summed E-state index contributed by atoms with van der Waals surface area (Å²) in [6.07, 6.45) is 4.82. The van der Waals surface area contributed by atoms with Crippen LogP contribution >= 0.6 is 11.6 Å². The zero-order valence-corrected chi connectivity index (χ0v) is 9.89. The Kier molecular flexibility index (Phi) is 3.53. The molecule has 0 fully saturated rings. The summed E-state index contributed by atoms with van der Waals surface area (Å²) in [4.78, 5) is 0. The van der Waals surface area contributed by atoms with Crippen LogP contribution in [0.3, 0.4) is 0 Å². The van der Waals surface area contributed by atoms with Crippen LogP contribution < -0.4 is 4.74 Å². The van der Waals surface area contributed by atoms with E-state index in [4.69, 9.17) is 16.3 Å². The molecule has 2 heteroatoms. The number of ether oxygens (including phenoxy) is 1. The van der Waals surface area contributed by atoms with Gasteiger partial charge in [0.15, 0.2) is 0 Å². The molecule has 0 amide bonds. The summed E-state index contributed by atoms with van der Waals surface area (Å²) in [6.45, 7) is 0. The van der Waals surface area contributed by atoms with E-state index in [-0.39, 0.29) is 0 Å². The molecule has 2 rings (SSSR count). The van der Waals surface area contributed by atoms with Crippen molar-refractivity contribution in [2.45, 2.75) is 31.6 Å². The summed E-state index contributed by atoms with van der Waals surface area (Å²) in [5.74, 6) is 2.45. The molecule has 1 aliphatic carbocycles. The van der Waals surface area contributed by atoms with Gasteiger partial charge in [-0.25, -0.2) is 0 Å². The van der Waals surface area contributed by atoms with Crippen molar-refractivity contribution >= 4 is 11.6 Å². The second kappa shape index (κ2) is 4.89. The van der Waals surface area contributed by atoms with Crippen LogP contribution in [-0.2, 0) is 6.42 Å². The number of alkyl halides is 1. The normalized spacial score (nSPS) is 18.9. The number of halogens is 1. The first-order chi connectivity index (χ1) is 7.35. The van der Waals surface area contributed by atoms with Crippen LogP contribution in [0.2, 0.25) is 0 Å². The van der Waals surface area contributed by atoms with Crippen molar-refractivity contribution in [3.63, 3.8) is 0 Å². The van der Waals surface area contributed by atoms with Crippen LogP contribution in [0.25, 0.3) is 0 Å². The second-order valence-corrected chi connectivity index (χ2v) is 4.51. The minimum atomic E-state index is 0.703. The van der Waals surface area contributed by atoms with Crippen molar-refractivity contribution in [2.75, 3.05) is 13.0 Å². The van der Waals surface area contributed by atoms with Crippen molar-refractivity contribution in [3.8, 4) is 5.75 Å². The molecule has 1 nitrogen and oxygen atoms in total. The Morgan fingerprint density at radius 3 is 3.07 bits per heavy atom. The van der Waals surface area contributed by atoms with Gasteiger partial charge in [-0.2, -0.15) is 0 Å². The molecule has 0 radical (unpaired) electrons. The standard InChI is InChI=1S/C13H17ClO/c1-15-12-7-6-11-5-4-10(3-2-8-14)13(11)9-12/h6-7,9-10H,2-5,8H2,1H3/t10-/m1/s1. The van der Waals surface area contributed by atoms with E-state index in [1.165, 1.54) is 30.4 Å². The predicted molar refractivity (Wildman–Crippen MR) is 64.0 cm³/mol. The molecule has 1 atom stereocenters. The topological polar surface area (TPSA) is 9.23 Å². The van der Waals surface area contributed by atoms with Crippen LogP contribution in [0.5, 0.6) is 5.75 Å². The van der Waals surface area contributed by atoms with Crippen LogP contribution in [-0.4, -0.2) is 13.0 Å². The minimum Gasteiger partial charge on any atom is -0.497 e. The molecule has 0 aromatic heterocycles. The van der Waals surface area contributed by atoms with Gasteiger partial charge < -0.3 is 4.74 Å². The average molecular weight is 225 g/mol. The first-order valence-corrected chi connectivity index (χ1v) is 6.11. The Morgan fingerprint density at radius 1 is 1.47 bits per heavy atom. The molecule has 82 valence electrons. The summed E-state index contributed by atoms with van der Waals surface area (Å²) < 4.78 is 5.27. The van der Waals surface area contributed by atoms with Crippen molar-refractivity contribution in [1.82, 2.24) is 0 Å². The molecule has 0 heterocycles. The van der Waals surface area contributed by atoms with Crippen molar-refractivity contribution in [2.24, 2.45) is 0 Å². The highest BCUT2D eigenvalue weighted by Crippen LogP contribution is 2.38. The molecule has 15 heavy (non-hydrogen) atoms. The van der Waals surface area contributed by atoms with Gasteiger partial charge in [0, 0.05) is 5.88 Å². The predicted octanol–water partition coefficient (Wildman–Crippen LogP) is 3.74. The Bertz CT molecular complexity index is 335. The lowest BCUT2D eigenvalue weighted by atomic mass is 9.96. The van der Waals surface area contributed by atoms with Crippen molar-refractivity contribution < 1.29 is 4.74 Å². The average Bonchev–Trinajstić information content (AvgIpc) is 2.68. The lowest BCUT2D eigenvalue weighted by Crippen LogP contribution is -1.95. The summed E-state index contributed by atoms with van der Waals surface area (Å²) >= 11 is 5.74. The maximum atomic E-state index is 5.74. The van der Waals surface area contributed by atoms with Crippen LogP contribution in [0, 0.1) is 0 Å². The fourth-order valence-corrected chi connectivity index (χ4v) is 2.57. The maximum absolute atomic E-state index is 5.74. The monoisotopic (exact) mass is 224 g/mol. The number of hydrogen-bond donors (Lipinski definition) is 0. The van der Waals surface area contributed by atoms with Crippen LogP contribution in [0.15, 0.2) is 18.2 Å². The molecule has 1 aliphatic rings. The zero-order valence-electron chi connectivity index (χ0n) is 9.13. The van der Waals surface area contributed by atoms with E-state index >= 15 is 0 Å². The van der Waals surface area contributed by atoms with E-state index in [1.807, 2.05) is 0 Å². The number of rotatable bonds is 4. The number of benzene rings is 1. The second-order valence-electron chi connectivity index (χ2n) is 4.13. The van der Waals surface area contributed by atoms with Gasteiger partial charge in [-0.3, -0.25) is 0 Å². The maximum Gasteiger partial charge on any atom is 0.119 e. The fourth-order valence-electron chi connectivity index (χ4n) is 2.42. The fraction of sp³-hybridized carbons (Fsp3) is 0.538. The molecule has 0 unspecified atom stereocenters. The molecule has 0 N–H and O–H groups in total. The van der Waals surface area contributed by atoms with E-state index in [0.717, 1.165) is 18.1 Å². The summed E-state index contributed by atoms with van der Waals surface area (Å²) in [5, 5.41) is 0. The van der Waals surface area contributed by atoms with E-state index in [0.29, 0.717) is 5.92 Å². The molecular weight excluding hydrogens is 208 g/mol. The van der Waals surface area contributed by atoms with Gasteiger partial charge in [0.25, 0.3) is 0 Å². The number of aryl methyl sites for hydroxylation is 1. The van der Waals surface area contributed by atoms with Crippen molar-refractivity contribution in [3.05, 3.63) is 29.3 Å². The molecule has 0 saturated carbocycles. The molecule has 0 bridgehead atoms.